The van der Waals surface area contributed by atoms with E-state index in [1.807, 2.05) is 12.1 Å². The zero-order chi connectivity index (χ0) is 20.8. The molecule has 1 N–H and O–H groups in total. The van der Waals surface area contributed by atoms with Crippen LogP contribution in [0.3, 0.4) is 0 Å². The predicted octanol–water partition coefficient (Wildman–Crippen LogP) is 3.00. The van der Waals surface area contributed by atoms with Gasteiger partial charge in [0.25, 0.3) is 0 Å². The lowest BCUT2D eigenvalue weighted by Gasteiger charge is -2.33. The van der Waals surface area contributed by atoms with Crippen LogP contribution in [-0.4, -0.2) is 64.6 Å². The van der Waals surface area contributed by atoms with Gasteiger partial charge in [-0.15, -0.1) is 0 Å². The molecule has 1 aromatic heterocycles. The standard InChI is InChI=1S/C23H33N5O2/c1-18-8-10-19(11-9-18)23-25-22(30-26-23)17-28-14-12-27(13-15-28)16-21(29)24-20-6-4-2-3-5-7-20/h8-11,20H,2-7,12-17H2,1H3,(H,24,29). The third kappa shape index (κ3) is 5.89. The second kappa shape index (κ2) is 10.2. The summed E-state index contributed by atoms with van der Waals surface area (Å²) < 4.78 is 5.46. The molecule has 0 spiro atoms. The number of nitrogens with one attached hydrogen (secondary N) is 1. The van der Waals surface area contributed by atoms with Crippen molar-refractivity contribution in [3.63, 3.8) is 0 Å². The van der Waals surface area contributed by atoms with Crippen LogP contribution >= 0.6 is 0 Å². The third-order valence-corrected chi connectivity index (χ3v) is 6.19. The maximum Gasteiger partial charge on any atom is 0.241 e. The number of carbonyl (C=O) groups is 1. The van der Waals surface area contributed by atoms with E-state index in [1.54, 1.807) is 0 Å². The van der Waals surface area contributed by atoms with Crippen LogP contribution in [0, 0.1) is 6.92 Å². The molecule has 1 saturated carbocycles. The molecule has 1 saturated heterocycles. The number of aromatic nitrogens is 2. The number of aryl methyl sites for hydroxylation is 1. The van der Waals surface area contributed by atoms with Gasteiger partial charge in [-0.25, -0.2) is 0 Å². The van der Waals surface area contributed by atoms with Crippen molar-refractivity contribution in [3.05, 3.63) is 35.7 Å². The van der Waals surface area contributed by atoms with Crippen LogP contribution < -0.4 is 5.32 Å². The molecule has 0 radical (unpaired) electrons. The first-order valence-corrected chi connectivity index (χ1v) is 11.3. The van der Waals surface area contributed by atoms with Gasteiger partial charge >= 0.3 is 0 Å². The van der Waals surface area contributed by atoms with Crippen molar-refractivity contribution in [2.45, 2.75) is 58.0 Å². The maximum absolute atomic E-state index is 12.4. The summed E-state index contributed by atoms with van der Waals surface area (Å²) in [4.78, 5) is 21.5. The first-order chi connectivity index (χ1) is 14.7. The summed E-state index contributed by atoms with van der Waals surface area (Å²) in [5, 5.41) is 7.37. The SMILES string of the molecule is Cc1ccc(-c2noc(CN3CCN(CC(=O)NC4CCCCCC4)CC3)n2)cc1. The topological polar surface area (TPSA) is 74.5 Å². The molecule has 162 valence electrons. The van der Waals surface area contributed by atoms with Crippen molar-refractivity contribution < 1.29 is 9.32 Å². The number of carbonyl (C=O) groups excluding carboxylic acids is 1. The molecule has 2 aliphatic rings. The van der Waals surface area contributed by atoms with Crippen LogP contribution in [0.2, 0.25) is 0 Å². The molecule has 1 aliphatic heterocycles. The average molecular weight is 412 g/mol. The highest BCUT2D eigenvalue weighted by atomic mass is 16.5. The molecule has 1 aliphatic carbocycles. The van der Waals surface area contributed by atoms with Gasteiger partial charge in [-0.05, 0) is 19.8 Å². The summed E-state index contributed by atoms with van der Waals surface area (Å²) in [6.45, 7) is 6.79. The van der Waals surface area contributed by atoms with Crippen LogP contribution in [0.25, 0.3) is 11.4 Å². The molecule has 1 amide bonds. The van der Waals surface area contributed by atoms with Gasteiger partial charge in [0.2, 0.25) is 17.6 Å². The number of rotatable bonds is 6. The predicted molar refractivity (Wildman–Crippen MR) is 116 cm³/mol. The molecular weight excluding hydrogens is 378 g/mol. The number of benzene rings is 1. The second-order valence-corrected chi connectivity index (χ2v) is 8.69. The summed E-state index contributed by atoms with van der Waals surface area (Å²) in [6.07, 6.45) is 7.36. The average Bonchev–Trinajstić information content (AvgIpc) is 3.05. The molecule has 4 rings (SSSR count). The Hall–Kier alpha value is -2.25. The normalized spacial score (nSPS) is 19.5. The number of hydrogen-bond donors (Lipinski definition) is 1. The largest absolute Gasteiger partial charge is 0.352 e. The Morgan fingerprint density at radius 2 is 1.70 bits per heavy atom. The van der Waals surface area contributed by atoms with E-state index >= 15 is 0 Å². The molecule has 7 nitrogen and oxygen atoms in total. The zero-order valence-electron chi connectivity index (χ0n) is 18.0. The molecule has 30 heavy (non-hydrogen) atoms. The van der Waals surface area contributed by atoms with Gasteiger partial charge < -0.3 is 9.84 Å². The Balaban J connectivity index is 1.20. The van der Waals surface area contributed by atoms with Crippen LogP contribution in [-0.2, 0) is 11.3 Å². The minimum Gasteiger partial charge on any atom is -0.352 e. The van der Waals surface area contributed by atoms with Gasteiger partial charge in [0.15, 0.2) is 0 Å². The Kier molecular flexibility index (Phi) is 7.12. The van der Waals surface area contributed by atoms with Crippen LogP contribution in [0.4, 0.5) is 0 Å². The van der Waals surface area contributed by atoms with Crippen molar-refractivity contribution in [2.75, 3.05) is 32.7 Å². The number of hydrogen-bond acceptors (Lipinski definition) is 6. The fourth-order valence-corrected chi connectivity index (χ4v) is 4.34. The molecule has 0 bridgehead atoms. The third-order valence-electron chi connectivity index (χ3n) is 6.19. The van der Waals surface area contributed by atoms with Crippen LogP contribution in [0.5, 0.6) is 0 Å². The first kappa shape index (κ1) is 21.0. The van der Waals surface area contributed by atoms with E-state index < -0.39 is 0 Å². The Morgan fingerprint density at radius 1 is 1.03 bits per heavy atom. The Labute approximate surface area is 178 Å². The molecule has 2 heterocycles. The second-order valence-electron chi connectivity index (χ2n) is 8.69. The highest BCUT2D eigenvalue weighted by molar-refractivity contribution is 5.78. The molecular formula is C23H33N5O2. The summed E-state index contributed by atoms with van der Waals surface area (Å²) in [7, 11) is 0. The summed E-state index contributed by atoms with van der Waals surface area (Å²) in [5.74, 6) is 1.46. The van der Waals surface area contributed by atoms with Gasteiger partial charge in [-0.2, -0.15) is 4.98 Å². The highest BCUT2D eigenvalue weighted by Crippen LogP contribution is 2.18. The van der Waals surface area contributed by atoms with E-state index in [2.05, 4.69) is 44.3 Å². The smallest absolute Gasteiger partial charge is 0.241 e. The molecule has 2 fully saturated rings. The minimum absolute atomic E-state index is 0.176. The van der Waals surface area contributed by atoms with Gasteiger partial charge in [0.05, 0.1) is 13.1 Å². The summed E-state index contributed by atoms with van der Waals surface area (Å²) in [5.41, 5.74) is 2.18. The van der Waals surface area contributed by atoms with E-state index in [0.717, 1.165) is 44.6 Å². The van der Waals surface area contributed by atoms with Gasteiger partial charge in [0.1, 0.15) is 0 Å². The van der Waals surface area contributed by atoms with Crippen LogP contribution in [0.15, 0.2) is 28.8 Å². The lowest BCUT2D eigenvalue weighted by molar-refractivity contribution is -0.123. The lowest BCUT2D eigenvalue weighted by atomic mass is 10.1. The van der Waals surface area contributed by atoms with Gasteiger partial charge in [0, 0.05) is 37.8 Å². The molecule has 0 unspecified atom stereocenters. The van der Waals surface area contributed by atoms with Gasteiger partial charge in [-0.3, -0.25) is 14.6 Å². The quantitative estimate of drug-likeness (QED) is 0.737. The van der Waals surface area contributed by atoms with Gasteiger partial charge in [-0.1, -0.05) is 60.7 Å². The molecule has 7 heteroatoms. The highest BCUT2D eigenvalue weighted by Gasteiger charge is 2.22. The zero-order valence-corrected chi connectivity index (χ0v) is 18.0. The van der Waals surface area contributed by atoms with E-state index in [0.29, 0.717) is 30.8 Å². The van der Waals surface area contributed by atoms with Crippen molar-refractivity contribution in [3.8, 4) is 11.4 Å². The van der Waals surface area contributed by atoms with E-state index in [9.17, 15) is 4.79 Å². The van der Waals surface area contributed by atoms with E-state index in [4.69, 9.17) is 4.52 Å². The number of piperazine rings is 1. The van der Waals surface area contributed by atoms with Crippen LogP contribution in [0.1, 0.15) is 50.0 Å². The summed E-state index contributed by atoms with van der Waals surface area (Å²) >= 11 is 0. The number of nitrogens with zero attached hydrogens (tertiary/aromatic N) is 4. The fourth-order valence-electron chi connectivity index (χ4n) is 4.34. The number of amides is 1. The maximum atomic E-state index is 12.4. The van der Waals surface area contributed by atoms with E-state index in [-0.39, 0.29) is 5.91 Å². The molecule has 0 atom stereocenters. The van der Waals surface area contributed by atoms with E-state index in [1.165, 1.54) is 31.2 Å². The monoisotopic (exact) mass is 411 g/mol. The first-order valence-electron chi connectivity index (χ1n) is 11.3. The van der Waals surface area contributed by atoms with Crippen molar-refractivity contribution in [2.24, 2.45) is 0 Å². The minimum atomic E-state index is 0.176. The Morgan fingerprint density at radius 3 is 2.40 bits per heavy atom. The van der Waals surface area contributed by atoms with Crippen molar-refractivity contribution in [1.29, 1.82) is 0 Å². The van der Waals surface area contributed by atoms with Crippen molar-refractivity contribution >= 4 is 5.91 Å². The molecule has 2 aromatic rings. The summed E-state index contributed by atoms with van der Waals surface area (Å²) in [6, 6.07) is 8.51. The van der Waals surface area contributed by atoms with Crippen molar-refractivity contribution in [1.82, 2.24) is 25.3 Å². The lowest BCUT2D eigenvalue weighted by Crippen LogP contribution is -2.50. The molecule has 1 aromatic carbocycles. The Bertz CT molecular complexity index is 803. The fraction of sp³-hybridized carbons (Fsp3) is 0.609.